The predicted octanol–water partition coefficient (Wildman–Crippen LogP) is 4.18. The molecule has 150 valence electrons. The maximum absolute atomic E-state index is 13.6. The van der Waals surface area contributed by atoms with Crippen LogP contribution in [0, 0.1) is 11.8 Å². The van der Waals surface area contributed by atoms with Crippen molar-refractivity contribution in [1.29, 1.82) is 0 Å². The van der Waals surface area contributed by atoms with E-state index in [1.54, 1.807) is 7.11 Å². The van der Waals surface area contributed by atoms with Crippen molar-refractivity contribution < 1.29 is 13.9 Å². The van der Waals surface area contributed by atoms with Crippen LogP contribution >= 0.6 is 0 Å². The lowest BCUT2D eigenvalue weighted by Crippen LogP contribution is -2.32. The lowest BCUT2D eigenvalue weighted by molar-refractivity contribution is 0.0730. The van der Waals surface area contributed by atoms with Crippen molar-refractivity contribution in [2.24, 2.45) is 11.8 Å². The van der Waals surface area contributed by atoms with Crippen LogP contribution in [-0.4, -0.2) is 44.1 Å². The number of carbonyl (C=O) groups excluding carboxylic acids is 1. The molecule has 2 aliphatic heterocycles. The number of carbonyl (C=O) groups is 1. The van der Waals surface area contributed by atoms with Gasteiger partial charge in [-0.2, -0.15) is 0 Å². The Balaban J connectivity index is 1.55. The first-order chi connectivity index (χ1) is 14.2. The molecule has 0 bridgehead atoms. The van der Waals surface area contributed by atoms with Crippen LogP contribution in [0.4, 0.5) is 0 Å². The second-order valence-electron chi connectivity index (χ2n) is 8.08. The van der Waals surface area contributed by atoms with Crippen molar-refractivity contribution in [3.05, 3.63) is 54.3 Å². The van der Waals surface area contributed by atoms with Gasteiger partial charge in [0.05, 0.1) is 7.11 Å². The molecule has 2 saturated heterocycles. The molecule has 2 aliphatic rings. The highest BCUT2D eigenvalue weighted by molar-refractivity contribution is 6.08. The van der Waals surface area contributed by atoms with Gasteiger partial charge in [-0.25, -0.2) is 0 Å². The molecule has 1 N–H and O–H groups in total. The number of furan rings is 1. The number of methoxy groups -OCH3 is 1. The Bertz CT molecular complexity index is 1010. The average molecular weight is 390 g/mol. The van der Waals surface area contributed by atoms with E-state index in [0.717, 1.165) is 61.3 Å². The van der Waals surface area contributed by atoms with E-state index < -0.39 is 0 Å². The summed E-state index contributed by atoms with van der Waals surface area (Å²) in [6, 6.07) is 15.8. The van der Waals surface area contributed by atoms with Crippen LogP contribution in [-0.2, 0) is 0 Å². The van der Waals surface area contributed by atoms with Crippen LogP contribution in [0.3, 0.4) is 0 Å². The summed E-state index contributed by atoms with van der Waals surface area (Å²) in [5, 5.41) is 4.43. The maximum Gasteiger partial charge on any atom is 0.290 e. The topological polar surface area (TPSA) is 54.7 Å². The summed E-state index contributed by atoms with van der Waals surface area (Å²) >= 11 is 0. The van der Waals surface area contributed by atoms with Crippen molar-refractivity contribution in [2.45, 2.75) is 12.8 Å². The molecule has 0 aliphatic carbocycles. The van der Waals surface area contributed by atoms with Crippen LogP contribution in [0.5, 0.6) is 5.75 Å². The molecule has 29 heavy (non-hydrogen) atoms. The number of nitrogens with one attached hydrogen (secondary N) is 1. The summed E-state index contributed by atoms with van der Waals surface area (Å²) in [4.78, 5) is 15.6. The van der Waals surface area contributed by atoms with E-state index in [1.165, 1.54) is 0 Å². The van der Waals surface area contributed by atoms with Gasteiger partial charge in [0.1, 0.15) is 11.3 Å². The third kappa shape index (κ3) is 3.29. The molecule has 5 nitrogen and oxygen atoms in total. The average Bonchev–Trinajstić information content (AvgIpc) is 3.32. The zero-order valence-electron chi connectivity index (χ0n) is 16.7. The van der Waals surface area contributed by atoms with E-state index in [9.17, 15) is 4.79 Å². The van der Waals surface area contributed by atoms with Crippen LogP contribution < -0.4 is 10.1 Å². The van der Waals surface area contributed by atoms with Crippen molar-refractivity contribution in [3.8, 4) is 16.9 Å². The van der Waals surface area contributed by atoms with Gasteiger partial charge in [-0.05, 0) is 55.5 Å². The Kier molecular flexibility index (Phi) is 4.76. The molecule has 0 radical (unpaired) electrons. The van der Waals surface area contributed by atoms with Gasteiger partial charge in [0.25, 0.3) is 5.91 Å². The number of nitrogens with zero attached hydrogens (tertiary/aromatic N) is 1. The lowest BCUT2D eigenvalue weighted by Gasteiger charge is -2.20. The Morgan fingerprint density at radius 2 is 1.79 bits per heavy atom. The summed E-state index contributed by atoms with van der Waals surface area (Å²) in [7, 11) is 1.64. The molecule has 0 unspecified atom stereocenters. The minimum absolute atomic E-state index is 0.00745. The summed E-state index contributed by atoms with van der Waals surface area (Å²) in [6.07, 6.45) is 2.11. The van der Waals surface area contributed by atoms with Gasteiger partial charge in [0.15, 0.2) is 0 Å². The van der Waals surface area contributed by atoms with E-state index in [-0.39, 0.29) is 5.91 Å². The molecule has 0 saturated carbocycles. The van der Waals surface area contributed by atoms with Gasteiger partial charge in [-0.1, -0.05) is 30.3 Å². The Hall–Kier alpha value is -2.79. The number of amides is 1. The third-order valence-electron chi connectivity index (χ3n) is 6.46. The quantitative estimate of drug-likeness (QED) is 0.729. The molecule has 3 aromatic rings. The molecule has 2 aromatic carbocycles. The second kappa shape index (κ2) is 7.56. The number of benzene rings is 2. The summed E-state index contributed by atoms with van der Waals surface area (Å²) < 4.78 is 11.5. The third-order valence-corrected chi connectivity index (χ3v) is 6.46. The molecular weight excluding hydrogens is 364 g/mol. The molecule has 2 fully saturated rings. The number of hydrogen-bond donors (Lipinski definition) is 1. The number of rotatable bonds is 3. The molecule has 1 amide bonds. The Morgan fingerprint density at radius 1 is 1.07 bits per heavy atom. The number of ether oxygens (including phenoxy) is 1. The normalized spacial score (nSPS) is 21.8. The largest absolute Gasteiger partial charge is 0.497 e. The van der Waals surface area contributed by atoms with Crippen molar-refractivity contribution in [3.63, 3.8) is 0 Å². The SMILES string of the molecule is COc1ccc2c(-c3ccccc3)c(C(=O)N3CC[C@@H]4CNC[C@@H]4CC3)oc2c1. The van der Waals surface area contributed by atoms with Crippen molar-refractivity contribution >= 4 is 16.9 Å². The van der Waals surface area contributed by atoms with Gasteiger partial charge in [-0.3, -0.25) is 4.79 Å². The van der Waals surface area contributed by atoms with Crippen LogP contribution in [0.25, 0.3) is 22.1 Å². The Labute approximate surface area is 170 Å². The van der Waals surface area contributed by atoms with Gasteiger partial charge in [-0.15, -0.1) is 0 Å². The zero-order valence-corrected chi connectivity index (χ0v) is 16.7. The first-order valence-electron chi connectivity index (χ1n) is 10.4. The van der Waals surface area contributed by atoms with Crippen molar-refractivity contribution in [2.75, 3.05) is 33.3 Å². The van der Waals surface area contributed by atoms with Crippen LogP contribution in [0.2, 0.25) is 0 Å². The second-order valence-corrected chi connectivity index (χ2v) is 8.08. The molecular formula is C24H26N2O3. The van der Waals surface area contributed by atoms with Gasteiger partial charge < -0.3 is 19.4 Å². The van der Waals surface area contributed by atoms with E-state index in [1.807, 2.05) is 53.4 Å². The highest BCUT2D eigenvalue weighted by Gasteiger charge is 2.33. The van der Waals surface area contributed by atoms with E-state index >= 15 is 0 Å². The fraction of sp³-hybridized carbons (Fsp3) is 0.375. The Morgan fingerprint density at radius 3 is 2.48 bits per heavy atom. The fourth-order valence-corrected chi connectivity index (χ4v) is 4.81. The maximum atomic E-state index is 13.6. The monoisotopic (exact) mass is 390 g/mol. The smallest absolute Gasteiger partial charge is 0.290 e. The molecule has 2 atom stereocenters. The molecule has 0 spiro atoms. The van der Waals surface area contributed by atoms with E-state index in [2.05, 4.69) is 5.32 Å². The summed E-state index contributed by atoms with van der Waals surface area (Å²) in [5.74, 6) is 2.51. The summed E-state index contributed by atoms with van der Waals surface area (Å²) in [5.41, 5.74) is 2.55. The molecule has 3 heterocycles. The minimum Gasteiger partial charge on any atom is -0.497 e. The highest BCUT2D eigenvalue weighted by Crippen LogP contribution is 2.38. The fourth-order valence-electron chi connectivity index (χ4n) is 4.81. The van der Waals surface area contributed by atoms with Gasteiger partial charge >= 0.3 is 0 Å². The first-order valence-corrected chi connectivity index (χ1v) is 10.4. The highest BCUT2D eigenvalue weighted by atomic mass is 16.5. The van der Waals surface area contributed by atoms with Gasteiger partial charge in [0, 0.05) is 30.1 Å². The van der Waals surface area contributed by atoms with E-state index in [0.29, 0.717) is 23.2 Å². The van der Waals surface area contributed by atoms with Crippen LogP contribution in [0.15, 0.2) is 52.9 Å². The molecule has 5 rings (SSSR count). The van der Waals surface area contributed by atoms with Gasteiger partial charge in [0.2, 0.25) is 5.76 Å². The first kappa shape index (κ1) is 18.3. The molecule has 1 aromatic heterocycles. The number of fused-ring (bicyclic) bond motifs is 2. The number of likely N-dealkylation sites (tertiary alicyclic amines) is 1. The molecule has 5 heteroatoms. The lowest BCUT2D eigenvalue weighted by atomic mass is 9.92. The van der Waals surface area contributed by atoms with Crippen LogP contribution in [0.1, 0.15) is 23.4 Å². The predicted molar refractivity (Wildman–Crippen MR) is 113 cm³/mol. The standard InChI is InChI=1S/C24H26N2O3/c1-28-19-7-8-20-21(13-19)29-23(22(20)16-5-3-2-4-6-16)24(27)26-11-9-17-14-25-15-18(17)10-12-26/h2-8,13,17-18,25H,9-12,14-15H2,1H3/t17-,18+. The summed E-state index contributed by atoms with van der Waals surface area (Å²) in [6.45, 7) is 3.73. The van der Waals surface area contributed by atoms with E-state index in [4.69, 9.17) is 9.15 Å². The zero-order chi connectivity index (χ0) is 19.8. The minimum atomic E-state index is -0.00745. The van der Waals surface area contributed by atoms with Crippen molar-refractivity contribution in [1.82, 2.24) is 10.2 Å². The number of hydrogen-bond acceptors (Lipinski definition) is 4.